The first-order valence-electron chi connectivity index (χ1n) is 6.22. The zero-order chi connectivity index (χ0) is 13.0. The van der Waals surface area contributed by atoms with Crippen molar-refractivity contribution in [2.75, 3.05) is 33.2 Å². The molecule has 1 unspecified atom stereocenters. The van der Waals surface area contributed by atoms with Gasteiger partial charge < -0.3 is 15.1 Å². The summed E-state index contributed by atoms with van der Waals surface area (Å²) in [4.78, 5) is 26.9. The number of rotatable bonds is 5. The predicted molar refractivity (Wildman–Crippen MR) is 66.5 cm³/mol. The van der Waals surface area contributed by atoms with Crippen molar-refractivity contribution in [1.82, 2.24) is 15.1 Å². The molecule has 0 saturated carbocycles. The van der Waals surface area contributed by atoms with Crippen molar-refractivity contribution in [2.45, 2.75) is 26.8 Å². The van der Waals surface area contributed by atoms with E-state index in [-0.39, 0.29) is 30.9 Å². The number of hydrogen-bond donors (Lipinski definition) is 1. The molecule has 2 amide bonds. The highest BCUT2D eigenvalue weighted by molar-refractivity contribution is 5.92. The van der Waals surface area contributed by atoms with Gasteiger partial charge in [0.1, 0.15) is 0 Å². The molecule has 1 atom stereocenters. The topological polar surface area (TPSA) is 52.7 Å². The van der Waals surface area contributed by atoms with E-state index in [0.717, 1.165) is 0 Å². The van der Waals surface area contributed by atoms with Gasteiger partial charge >= 0.3 is 0 Å². The van der Waals surface area contributed by atoms with Gasteiger partial charge in [0.25, 0.3) is 0 Å². The summed E-state index contributed by atoms with van der Waals surface area (Å²) in [5.74, 6) is 0.533. The fourth-order valence-electron chi connectivity index (χ4n) is 2.03. The van der Waals surface area contributed by atoms with Crippen molar-refractivity contribution >= 4 is 11.8 Å². The molecule has 98 valence electrons. The number of amides is 2. The highest BCUT2D eigenvalue weighted by atomic mass is 16.2. The SMILES string of the molecule is CCN1CC(=O)N(CC(NC)C(C)C)CC1=O. The van der Waals surface area contributed by atoms with E-state index in [9.17, 15) is 9.59 Å². The molecule has 0 aromatic rings. The molecule has 0 aromatic heterocycles. The van der Waals surface area contributed by atoms with Crippen molar-refractivity contribution in [3.63, 3.8) is 0 Å². The van der Waals surface area contributed by atoms with E-state index in [4.69, 9.17) is 0 Å². The minimum atomic E-state index is 0.0470. The average molecular weight is 241 g/mol. The summed E-state index contributed by atoms with van der Waals surface area (Å²) in [6.07, 6.45) is 0. The first-order chi connectivity index (χ1) is 7.99. The maximum absolute atomic E-state index is 11.9. The molecule has 1 fully saturated rings. The summed E-state index contributed by atoms with van der Waals surface area (Å²) in [5, 5.41) is 3.19. The summed E-state index contributed by atoms with van der Waals surface area (Å²) >= 11 is 0. The van der Waals surface area contributed by atoms with Crippen LogP contribution in [0.2, 0.25) is 0 Å². The first kappa shape index (κ1) is 14.0. The number of carbonyl (C=O) groups excluding carboxylic acids is 2. The number of nitrogens with zero attached hydrogens (tertiary/aromatic N) is 2. The monoisotopic (exact) mass is 241 g/mol. The Hall–Kier alpha value is -1.10. The average Bonchev–Trinajstić information content (AvgIpc) is 2.29. The first-order valence-corrected chi connectivity index (χ1v) is 6.22. The summed E-state index contributed by atoms with van der Waals surface area (Å²) in [6, 6.07) is 0.236. The second-order valence-electron chi connectivity index (χ2n) is 4.82. The molecule has 1 rings (SSSR count). The zero-order valence-corrected chi connectivity index (χ0v) is 11.2. The van der Waals surface area contributed by atoms with Gasteiger partial charge in [-0.15, -0.1) is 0 Å². The van der Waals surface area contributed by atoms with E-state index < -0.39 is 0 Å². The van der Waals surface area contributed by atoms with E-state index in [1.54, 1.807) is 9.80 Å². The van der Waals surface area contributed by atoms with Gasteiger partial charge in [0, 0.05) is 19.1 Å². The van der Waals surface area contributed by atoms with Gasteiger partial charge in [0.05, 0.1) is 13.1 Å². The standard InChI is InChI=1S/C12H23N3O2/c1-5-14-7-12(17)15(8-11(14)16)6-10(13-4)9(2)3/h9-10,13H,5-8H2,1-4H3. The molecule has 0 aliphatic carbocycles. The van der Waals surface area contributed by atoms with Crippen LogP contribution in [-0.2, 0) is 9.59 Å². The van der Waals surface area contributed by atoms with Crippen molar-refractivity contribution in [2.24, 2.45) is 5.92 Å². The Kier molecular flexibility index (Phi) is 4.93. The summed E-state index contributed by atoms with van der Waals surface area (Å²) < 4.78 is 0. The lowest BCUT2D eigenvalue weighted by molar-refractivity contribution is -0.150. The zero-order valence-electron chi connectivity index (χ0n) is 11.2. The second-order valence-corrected chi connectivity index (χ2v) is 4.82. The fraction of sp³-hybridized carbons (Fsp3) is 0.833. The molecule has 0 bridgehead atoms. The van der Waals surface area contributed by atoms with Gasteiger partial charge in [0.15, 0.2) is 0 Å². The number of hydrogen-bond acceptors (Lipinski definition) is 3. The Bertz CT molecular complexity index is 291. The van der Waals surface area contributed by atoms with Crippen LogP contribution >= 0.6 is 0 Å². The number of nitrogens with one attached hydrogen (secondary N) is 1. The van der Waals surface area contributed by atoms with E-state index in [0.29, 0.717) is 19.0 Å². The third kappa shape index (κ3) is 3.43. The van der Waals surface area contributed by atoms with Crippen LogP contribution in [0, 0.1) is 5.92 Å². The lowest BCUT2D eigenvalue weighted by Crippen LogP contribution is -2.56. The van der Waals surface area contributed by atoms with Gasteiger partial charge in [-0.1, -0.05) is 13.8 Å². The second kappa shape index (κ2) is 6.00. The molecular weight excluding hydrogens is 218 g/mol. The van der Waals surface area contributed by atoms with Gasteiger partial charge in [-0.2, -0.15) is 0 Å². The van der Waals surface area contributed by atoms with Gasteiger partial charge in [-0.05, 0) is 19.9 Å². The molecule has 1 heterocycles. The van der Waals surface area contributed by atoms with Crippen LogP contribution in [0.1, 0.15) is 20.8 Å². The number of piperazine rings is 1. The maximum Gasteiger partial charge on any atom is 0.242 e. The summed E-state index contributed by atoms with van der Waals surface area (Å²) in [5.41, 5.74) is 0. The Morgan fingerprint density at radius 2 is 1.71 bits per heavy atom. The van der Waals surface area contributed by atoms with Crippen LogP contribution < -0.4 is 5.32 Å². The molecule has 0 spiro atoms. The van der Waals surface area contributed by atoms with Crippen LogP contribution in [0.25, 0.3) is 0 Å². The van der Waals surface area contributed by atoms with Crippen molar-refractivity contribution in [3.05, 3.63) is 0 Å². The molecule has 1 saturated heterocycles. The van der Waals surface area contributed by atoms with E-state index in [1.165, 1.54) is 0 Å². The van der Waals surface area contributed by atoms with Gasteiger partial charge in [0.2, 0.25) is 11.8 Å². The quantitative estimate of drug-likeness (QED) is 0.732. The van der Waals surface area contributed by atoms with Gasteiger partial charge in [-0.3, -0.25) is 9.59 Å². The Labute approximate surface area is 103 Å². The van der Waals surface area contributed by atoms with Crippen molar-refractivity contribution < 1.29 is 9.59 Å². The van der Waals surface area contributed by atoms with E-state index >= 15 is 0 Å². The Morgan fingerprint density at radius 1 is 1.18 bits per heavy atom. The van der Waals surface area contributed by atoms with E-state index in [1.807, 2.05) is 14.0 Å². The molecule has 0 aromatic carbocycles. The van der Waals surface area contributed by atoms with Crippen LogP contribution in [0.15, 0.2) is 0 Å². The van der Waals surface area contributed by atoms with Gasteiger partial charge in [-0.25, -0.2) is 0 Å². The highest BCUT2D eigenvalue weighted by Gasteiger charge is 2.30. The normalized spacial score (nSPS) is 19.1. The third-order valence-electron chi connectivity index (χ3n) is 3.33. The Morgan fingerprint density at radius 3 is 2.18 bits per heavy atom. The minimum Gasteiger partial charge on any atom is -0.332 e. The van der Waals surface area contributed by atoms with Crippen LogP contribution in [-0.4, -0.2) is 60.9 Å². The van der Waals surface area contributed by atoms with E-state index in [2.05, 4.69) is 19.2 Å². The van der Waals surface area contributed by atoms with Crippen molar-refractivity contribution in [3.8, 4) is 0 Å². The largest absolute Gasteiger partial charge is 0.332 e. The fourth-order valence-corrected chi connectivity index (χ4v) is 2.03. The number of likely N-dealkylation sites (N-methyl/N-ethyl adjacent to an activating group) is 2. The lowest BCUT2D eigenvalue weighted by Gasteiger charge is -2.36. The smallest absolute Gasteiger partial charge is 0.242 e. The van der Waals surface area contributed by atoms with Crippen LogP contribution in [0.4, 0.5) is 0 Å². The maximum atomic E-state index is 11.9. The molecule has 1 aliphatic heterocycles. The molecule has 0 radical (unpaired) electrons. The predicted octanol–water partition coefficient (Wildman–Crippen LogP) is -0.0789. The summed E-state index contributed by atoms with van der Waals surface area (Å²) in [7, 11) is 1.89. The molecule has 1 aliphatic rings. The third-order valence-corrected chi connectivity index (χ3v) is 3.33. The molecule has 5 nitrogen and oxygen atoms in total. The highest BCUT2D eigenvalue weighted by Crippen LogP contribution is 2.09. The Balaban J connectivity index is 2.61. The minimum absolute atomic E-state index is 0.0470. The number of carbonyl (C=O) groups is 2. The lowest BCUT2D eigenvalue weighted by atomic mass is 10.0. The molecule has 5 heteroatoms. The molecule has 17 heavy (non-hydrogen) atoms. The molecular formula is C12H23N3O2. The van der Waals surface area contributed by atoms with Crippen LogP contribution in [0.3, 0.4) is 0 Å². The van der Waals surface area contributed by atoms with Crippen molar-refractivity contribution in [1.29, 1.82) is 0 Å². The summed E-state index contributed by atoms with van der Waals surface area (Å²) in [6.45, 7) is 7.77. The molecule has 1 N–H and O–H groups in total. The van der Waals surface area contributed by atoms with Crippen LogP contribution in [0.5, 0.6) is 0 Å².